The maximum Gasteiger partial charge on any atom is 0.209 e. The molecular formula is C12H29IN4O2S. The first-order chi connectivity index (χ1) is 8.66. The Balaban J connectivity index is 0. The molecule has 4 N–H and O–H groups in total. The number of halogens is 1. The van der Waals surface area contributed by atoms with E-state index >= 15 is 0 Å². The number of hydrogen-bond acceptors (Lipinski definition) is 3. The smallest absolute Gasteiger partial charge is 0.209 e. The molecule has 20 heavy (non-hydrogen) atoms. The predicted molar refractivity (Wildman–Crippen MR) is 96.1 cm³/mol. The Bertz CT molecular complexity index is 383. The van der Waals surface area contributed by atoms with Gasteiger partial charge in [-0.1, -0.05) is 26.2 Å². The number of hydrogen-bond donors (Lipinski definition) is 3. The second-order valence-corrected chi connectivity index (χ2v) is 7.20. The average Bonchev–Trinajstić information content (AvgIpc) is 2.23. The van der Waals surface area contributed by atoms with E-state index in [1.807, 2.05) is 0 Å². The number of guanidine groups is 1. The third-order valence-electron chi connectivity index (χ3n) is 2.44. The Hall–Kier alpha value is -0.0900. The molecule has 0 aliphatic heterocycles. The number of nitrogens with one attached hydrogen (secondary N) is 2. The van der Waals surface area contributed by atoms with Crippen molar-refractivity contribution in [2.45, 2.75) is 52.0 Å². The Kier molecular flexibility index (Phi) is 11.8. The highest BCUT2D eigenvalue weighted by Crippen LogP contribution is 2.04. The third-order valence-corrected chi connectivity index (χ3v) is 3.37. The molecule has 6 nitrogen and oxygen atoms in total. The Morgan fingerprint density at radius 1 is 1.25 bits per heavy atom. The third kappa shape index (κ3) is 14.3. The minimum atomic E-state index is -3.24. The molecule has 0 bridgehead atoms. The summed E-state index contributed by atoms with van der Waals surface area (Å²) in [5, 5.41) is 3.03. The fourth-order valence-corrected chi connectivity index (χ4v) is 2.71. The van der Waals surface area contributed by atoms with Gasteiger partial charge in [-0.3, -0.25) is 4.99 Å². The van der Waals surface area contributed by atoms with Crippen LogP contribution in [0.15, 0.2) is 4.99 Å². The van der Waals surface area contributed by atoms with Crippen molar-refractivity contribution in [3.8, 4) is 0 Å². The molecule has 0 aliphatic carbocycles. The van der Waals surface area contributed by atoms with Crippen LogP contribution in [0.5, 0.6) is 0 Å². The summed E-state index contributed by atoms with van der Waals surface area (Å²) in [5.74, 6) is 0.361. The quantitative estimate of drug-likeness (QED) is 0.228. The molecule has 0 atom stereocenters. The molecule has 0 radical (unpaired) electrons. The normalized spacial score (nSPS) is 12.9. The molecule has 0 heterocycles. The number of aliphatic imine (C=N–C) groups is 1. The Labute approximate surface area is 140 Å². The highest BCUT2D eigenvalue weighted by atomic mass is 127. The fourth-order valence-electron chi connectivity index (χ4n) is 1.64. The van der Waals surface area contributed by atoms with Crippen LogP contribution in [0, 0.1) is 0 Å². The summed E-state index contributed by atoms with van der Waals surface area (Å²) in [6.45, 7) is 6.81. The number of unbranched alkanes of at least 4 members (excludes halogenated alkanes) is 3. The molecule has 122 valence electrons. The molecule has 0 rings (SSSR count). The largest absolute Gasteiger partial charge is 0.370 e. The van der Waals surface area contributed by atoms with Gasteiger partial charge in [0, 0.05) is 12.1 Å². The van der Waals surface area contributed by atoms with Gasteiger partial charge in [-0.25, -0.2) is 13.1 Å². The van der Waals surface area contributed by atoms with Gasteiger partial charge in [0.25, 0.3) is 0 Å². The average molecular weight is 420 g/mol. The molecule has 8 heteroatoms. The lowest BCUT2D eigenvalue weighted by Gasteiger charge is -2.22. The van der Waals surface area contributed by atoms with Crippen LogP contribution in [0.2, 0.25) is 0 Å². The van der Waals surface area contributed by atoms with Crippen molar-refractivity contribution in [1.29, 1.82) is 0 Å². The second-order valence-electron chi connectivity index (χ2n) is 5.45. The number of rotatable bonds is 9. The van der Waals surface area contributed by atoms with Gasteiger partial charge in [0.2, 0.25) is 10.0 Å². The summed E-state index contributed by atoms with van der Waals surface area (Å²) in [7, 11) is -3.24. The van der Waals surface area contributed by atoms with E-state index < -0.39 is 15.6 Å². The number of nitrogens with zero attached hydrogens (tertiary/aromatic N) is 1. The van der Waals surface area contributed by atoms with Crippen LogP contribution >= 0.6 is 24.0 Å². The lowest BCUT2D eigenvalue weighted by atomic mass is 10.1. The highest BCUT2D eigenvalue weighted by molar-refractivity contribution is 14.0. The zero-order valence-electron chi connectivity index (χ0n) is 12.9. The SMILES string of the molecule is CCCCCCNC(N)=NCC(C)(C)NS(C)(=O)=O.I. The van der Waals surface area contributed by atoms with Crippen molar-refractivity contribution in [3.63, 3.8) is 0 Å². The van der Waals surface area contributed by atoms with Crippen LogP contribution < -0.4 is 15.8 Å². The van der Waals surface area contributed by atoms with Crippen LogP contribution in [0.4, 0.5) is 0 Å². The van der Waals surface area contributed by atoms with E-state index in [1.165, 1.54) is 19.3 Å². The maximum atomic E-state index is 11.2. The van der Waals surface area contributed by atoms with Crippen molar-refractivity contribution in [2.75, 3.05) is 19.3 Å². The lowest BCUT2D eigenvalue weighted by Crippen LogP contribution is -2.46. The van der Waals surface area contributed by atoms with E-state index in [2.05, 4.69) is 22.0 Å². The molecule has 0 aromatic heterocycles. The molecule has 0 aromatic carbocycles. The Morgan fingerprint density at radius 3 is 2.35 bits per heavy atom. The van der Waals surface area contributed by atoms with Crippen LogP contribution in [-0.2, 0) is 10.0 Å². The van der Waals surface area contributed by atoms with Crippen molar-refractivity contribution in [1.82, 2.24) is 10.0 Å². The number of sulfonamides is 1. The van der Waals surface area contributed by atoms with Crippen LogP contribution in [0.25, 0.3) is 0 Å². The molecule has 0 unspecified atom stereocenters. The van der Waals surface area contributed by atoms with Gasteiger partial charge in [0.15, 0.2) is 5.96 Å². The minimum Gasteiger partial charge on any atom is -0.370 e. The number of nitrogens with two attached hydrogens (primary N) is 1. The monoisotopic (exact) mass is 420 g/mol. The predicted octanol–water partition coefficient (Wildman–Crippen LogP) is 1.42. The van der Waals surface area contributed by atoms with Gasteiger partial charge in [-0.15, -0.1) is 24.0 Å². The van der Waals surface area contributed by atoms with Crippen molar-refractivity contribution in [3.05, 3.63) is 0 Å². The molecule has 0 saturated carbocycles. The second kappa shape index (κ2) is 10.6. The minimum absolute atomic E-state index is 0. The van der Waals surface area contributed by atoms with Crippen molar-refractivity contribution >= 4 is 40.0 Å². The van der Waals surface area contributed by atoms with Crippen LogP contribution in [-0.4, -0.2) is 39.3 Å². The topological polar surface area (TPSA) is 96.6 Å². The molecule has 0 spiro atoms. The van der Waals surface area contributed by atoms with Crippen molar-refractivity contribution < 1.29 is 8.42 Å². The summed E-state index contributed by atoms with van der Waals surface area (Å²) < 4.78 is 24.8. The summed E-state index contributed by atoms with van der Waals surface area (Å²) >= 11 is 0. The van der Waals surface area contributed by atoms with Gasteiger partial charge in [0.05, 0.1) is 12.8 Å². The van der Waals surface area contributed by atoms with E-state index in [1.54, 1.807) is 13.8 Å². The molecular weight excluding hydrogens is 391 g/mol. The maximum absolute atomic E-state index is 11.2. The molecule has 0 aliphatic rings. The van der Waals surface area contributed by atoms with Crippen molar-refractivity contribution in [2.24, 2.45) is 10.7 Å². The van der Waals surface area contributed by atoms with E-state index in [-0.39, 0.29) is 24.0 Å². The van der Waals surface area contributed by atoms with Gasteiger partial charge < -0.3 is 11.1 Å². The van der Waals surface area contributed by atoms with E-state index in [0.717, 1.165) is 19.2 Å². The first-order valence-corrected chi connectivity index (χ1v) is 8.58. The van der Waals surface area contributed by atoms with Crippen LogP contribution in [0.3, 0.4) is 0 Å². The zero-order chi connectivity index (χ0) is 14.9. The lowest BCUT2D eigenvalue weighted by molar-refractivity contribution is 0.465. The summed E-state index contributed by atoms with van der Waals surface area (Å²) in [6, 6.07) is 0. The fraction of sp³-hybridized carbons (Fsp3) is 0.917. The Morgan fingerprint density at radius 2 is 1.85 bits per heavy atom. The standard InChI is InChI=1S/C12H28N4O2S.HI/c1-5-6-7-8-9-14-11(13)15-10-12(2,3)16-19(4,17)18;/h16H,5-10H2,1-4H3,(H3,13,14,15);1H. The van der Waals surface area contributed by atoms with Gasteiger partial charge >= 0.3 is 0 Å². The molecule has 0 amide bonds. The summed E-state index contributed by atoms with van der Waals surface area (Å²) in [5.41, 5.74) is 5.08. The van der Waals surface area contributed by atoms with E-state index in [4.69, 9.17) is 5.73 Å². The molecule has 0 saturated heterocycles. The summed E-state index contributed by atoms with van der Waals surface area (Å²) in [6.07, 6.45) is 5.81. The summed E-state index contributed by atoms with van der Waals surface area (Å²) in [4.78, 5) is 4.15. The van der Waals surface area contributed by atoms with Gasteiger partial charge in [-0.05, 0) is 20.3 Å². The first-order valence-electron chi connectivity index (χ1n) is 6.69. The molecule has 0 aromatic rings. The molecule has 0 fully saturated rings. The highest BCUT2D eigenvalue weighted by Gasteiger charge is 2.21. The first kappa shape index (κ1) is 22.2. The van der Waals surface area contributed by atoms with Crippen LogP contribution in [0.1, 0.15) is 46.5 Å². The van der Waals surface area contributed by atoms with Gasteiger partial charge in [0.1, 0.15) is 0 Å². The van der Waals surface area contributed by atoms with E-state index in [0.29, 0.717) is 12.5 Å². The van der Waals surface area contributed by atoms with Gasteiger partial charge in [-0.2, -0.15) is 0 Å². The van der Waals surface area contributed by atoms with E-state index in [9.17, 15) is 8.42 Å². The zero-order valence-corrected chi connectivity index (χ0v) is 16.0.